The number of nitrogens with zero attached hydrogens (tertiary/aromatic N) is 5. The van der Waals surface area contributed by atoms with Crippen molar-refractivity contribution in [2.75, 3.05) is 0 Å². The summed E-state index contributed by atoms with van der Waals surface area (Å²) in [6, 6.07) is 18.7. The topological polar surface area (TPSA) is 59.4 Å². The molecule has 3 heterocycles. The second-order valence-corrected chi connectivity index (χ2v) is 9.13. The number of nitriles is 1. The van der Waals surface area contributed by atoms with Crippen LogP contribution in [-0.2, 0) is 13.6 Å². The van der Waals surface area contributed by atoms with Crippen molar-refractivity contribution in [3.63, 3.8) is 0 Å². The van der Waals surface area contributed by atoms with E-state index in [1.807, 2.05) is 48.4 Å². The summed E-state index contributed by atoms with van der Waals surface area (Å²) in [7, 11) is 1.96. The summed E-state index contributed by atoms with van der Waals surface area (Å²) in [5, 5.41) is 16.0. The molecule has 5 heteroatoms. The molecule has 0 saturated heterocycles. The van der Waals surface area contributed by atoms with Crippen LogP contribution in [0.5, 0.6) is 0 Å². The average Bonchev–Trinajstić information content (AvgIpc) is 3.60. The molecule has 0 bridgehead atoms. The van der Waals surface area contributed by atoms with Gasteiger partial charge in [-0.1, -0.05) is 31.0 Å². The molecule has 0 radical (unpaired) electrons. The van der Waals surface area contributed by atoms with Crippen molar-refractivity contribution in [3.8, 4) is 28.5 Å². The number of pyridine rings is 1. The lowest BCUT2D eigenvalue weighted by molar-refractivity contribution is 0.466. The number of hydrogen-bond donors (Lipinski definition) is 0. The zero-order valence-electron chi connectivity index (χ0n) is 18.7. The van der Waals surface area contributed by atoms with Crippen LogP contribution in [-0.4, -0.2) is 19.3 Å². The Kier molecular flexibility index (Phi) is 4.73. The van der Waals surface area contributed by atoms with Gasteiger partial charge in [0.1, 0.15) is 0 Å². The molecule has 0 N–H and O–H groups in total. The first kappa shape index (κ1) is 19.8. The molecule has 5 nitrogen and oxygen atoms in total. The fourth-order valence-electron chi connectivity index (χ4n) is 5.32. The molecular weight excluding hydrogens is 406 g/mol. The maximum Gasteiger partial charge on any atom is 0.0991 e. The van der Waals surface area contributed by atoms with Crippen LogP contribution in [0.2, 0.25) is 0 Å². The monoisotopic (exact) mass is 431 g/mol. The van der Waals surface area contributed by atoms with Crippen LogP contribution in [0.4, 0.5) is 0 Å². The Balaban J connectivity index is 1.54. The standard InChI is InChI=1S/C28H25N5/c1-32-25-11-10-22(14-23(25)16-31-32)28-27(21-8-6-19(15-29)7-9-21)24-12-13-33(26(24)17-30-28)18-20-4-2-3-5-20/h6-14,16-17,20H,2-5,18H2,1H3. The van der Waals surface area contributed by atoms with E-state index in [1.165, 1.54) is 36.6 Å². The fraction of sp³-hybridized carbons (Fsp3) is 0.250. The molecule has 0 unspecified atom stereocenters. The second kappa shape index (κ2) is 7.90. The molecule has 33 heavy (non-hydrogen) atoms. The molecule has 6 rings (SSSR count). The highest BCUT2D eigenvalue weighted by atomic mass is 15.2. The lowest BCUT2D eigenvalue weighted by Gasteiger charge is -2.15. The number of aromatic nitrogens is 4. The third-order valence-electron chi connectivity index (χ3n) is 7.08. The van der Waals surface area contributed by atoms with E-state index in [0.717, 1.165) is 45.7 Å². The van der Waals surface area contributed by atoms with Gasteiger partial charge in [0.2, 0.25) is 0 Å². The maximum atomic E-state index is 9.27. The van der Waals surface area contributed by atoms with Gasteiger partial charge in [0.05, 0.1) is 40.8 Å². The Bertz CT molecular complexity index is 1510. The summed E-state index contributed by atoms with van der Waals surface area (Å²) >= 11 is 0. The van der Waals surface area contributed by atoms with Crippen LogP contribution in [0.25, 0.3) is 44.2 Å². The van der Waals surface area contributed by atoms with Crippen LogP contribution in [0.3, 0.4) is 0 Å². The number of hydrogen-bond acceptors (Lipinski definition) is 3. The van der Waals surface area contributed by atoms with Gasteiger partial charge in [-0.15, -0.1) is 0 Å². The van der Waals surface area contributed by atoms with E-state index < -0.39 is 0 Å². The minimum absolute atomic E-state index is 0.663. The first-order chi connectivity index (χ1) is 16.2. The molecule has 162 valence electrons. The van der Waals surface area contributed by atoms with E-state index >= 15 is 0 Å². The number of rotatable bonds is 4. The van der Waals surface area contributed by atoms with Gasteiger partial charge < -0.3 is 4.57 Å². The first-order valence-corrected chi connectivity index (χ1v) is 11.6. The summed E-state index contributed by atoms with van der Waals surface area (Å²) in [5.74, 6) is 0.756. The quantitative estimate of drug-likeness (QED) is 0.335. The van der Waals surface area contributed by atoms with Crippen LogP contribution in [0, 0.1) is 17.2 Å². The maximum absolute atomic E-state index is 9.27. The smallest absolute Gasteiger partial charge is 0.0991 e. The van der Waals surface area contributed by atoms with Crippen LogP contribution in [0.1, 0.15) is 31.2 Å². The highest BCUT2D eigenvalue weighted by Crippen LogP contribution is 2.38. The number of fused-ring (bicyclic) bond motifs is 2. The highest BCUT2D eigenvalue weighted by molar-refractivity contribution is 6.02. The van der Waals surface area contributed by atoms with Gasteiger partial charge in [-0.05, 0) is 54.7 Å². The van der Waals surface area contributed by atoms with Crippen molar-refractivity contribution in [2.24, 2.45) is 13.0 Å². The van der Waals surface area contributed by atoms with E-state index in [9.17, 15) is 5.26 Å². The van der Waals surface area contributed by atoms with Crippen molar-refractivity contribution in [2.45, 2.75) is 32.2 Å². The lowest BCUT2D eigenvalue weighted by Crippen LogP contribution is -2.06. The molecule has 0 aliphatic heterocycles. The Morgan fingerprint density at radius 3 is 2.55 bits per heavy atom. The lowest BCUT2D eigenvalue weighted by atomic mass is 9.95. The Hall–Kier alpha value is -3.91. The van der Waals surface area contributed by atoms with Crippen LogP contribution >= 0.6 is 0 Å². The molecule has 0 spiro atoms. The summed E-state index contributed by atoms with van der Waals surface area (Å²) in [6.07, 6.45) is 11.5. The molecular formula is C28H25N5. The van der Waals surface area contributed by atoms with Crippen LogP contribution in [0.15, 0.2) is 67.1 Å². The van der Waals surface area contributed by atoms with Gasteiger partial charge in [-0.25, -0.2) is 0 Å². The zero-order chi connectivity index (χ0) is 22.4. The van der Waals surface area contributed by atoms with Gasteiger partial charge >= 0.3 is 0 Å². The molecule has 0 atom stereocenters. The van der Waals surface area contributed by atoms with Crippen molar-refractivity contribution in [1.29, 1.82) is 5.26 Å². The summed E-state index contributed by atoms with van der Waals surface area (Å²) in [6.45, 7) is 1.05. The van der Waals surface area contributed by atoms with Crippen molar-refractivity contribution >= 4 is 21.8 Å². The molecule has 5 aromatic rings. The Labute approximate surface area is 192 Å². The predicted molar refractivity (Wildman–Crippen MR) is 132 cm³/mol. The zero-order valence-corrected chi connectivity index (χ0v) is 18.7. The summed E-state index contributed by atoms with van der Waals surface area (Å²) in [5.41, 5.74) is 7.15. The minimum Gasteiger partial charge on any atom is -0.346 e. The van der Waals surface area contributed by atoms with E-state index in [1.54, 1.807) is 0 Å². The molecule has 1 fully saturated rings. The van der Waals surface area contributed by atoms with E-state index in [-0.39, 0.29) is 0 Å². The van der Waals surface area contributed by atoms with Gasteiger partial charge in [0.25, 0.3) is 0 Å². The molecule has 3 aromatic heterocycles. The number of aryl methyl sites for hydroxylation is 1. The van der Waals surface area contributed by atoms with E-state index in [2.05, 4.69) is 46.2 Å². The molecule has 2 aromatic carbocycles. The Morgan fingerprint density at radius 1 is 0.970 bits per heavy atom. The summed E-state index contributed by atoms with van der Waals surface area (Å²) < 4.78 is 4.26. The van der Waals surface area contributed by atoms with Gasteiger partial charge in [0, 0.05) is 41.7 Å². The molecule has 1 saturated carbocycles. The highest BCUT2D eigenvalue weighted by Gasteiger charge is 2.20. The molecule has 0 amide bonds. The predicted octanol–water partition coefficient (Wildman–Crippen LogP) is 6.32. The SMILES string of the molecule is Cn1ncc2cc(-c3ncc4c(ccn4CC4CCCC4)c3-c3ccc(C#N)cc3)ccc21. The molecule has 1 aliphatic rings. The summed E-state index contributed by atoms with van der Waals surface area (Å²) in [4.78, 5) is 5.00. The average molecular weight is 432 g/mol. The largest absolute Gasteiger partial charge is 0.346 e. The second-order valence-electron chi connectivity index (χ2n) is 9.13. The first-order valence-electron chi connectivity index (χ1n) is 11.6. The third kappa shape index (κ3) is 3.39. The molecule has 1 aliphatic carbocycles. The normalized spacial score (nSPS) is 14.3. The van der Waals surface area contributed by atoms with E-state index in [0.29, 0.717) is 5.56 Å². The van der Waals surface area contributed by atoms with Gasteiger partial charge in [0.15, 0.2) is 0 Å². The van der Waals surface area contributed by atoms with Crippen molar-refractivity contribution in [3.05, 3.63) is 72.7 Å². The number of benzene rings is 2. The van der Waals surface area contributed by atoms with E-state index in [4.69, 9.17) is 4.98 Å². The van der Waals surface area contributed by atoms with Gasteiger partial charge in [-0.3, -0.25) is 9.67 Å². The fourth-order valence-corrected chi connectivity index (χ4v) is 5.32. The van der Waals surface area contributed by atoms with Crippen LogP contribution < -0.4 is 0 Å². The van der Waals surface area contributed by atoms with Gasteiger partial charge in [-0.2, -0.15) is 10.4 Å². The van der Waals surface area contributed by atoms with Crippen molar-refractivity contribution in [1.82, 2.24) is 19.3 Å². The minimum atomic E-state index is 0.663. The third-order valence-corrected chi connectivity index (χ3v) is 7.08. The Morgan fingerprint density at radius 2 is 1.76 bits per heavy atom. The van der Waals surface area contributed by atoms with Crippen molar-refractivity contribution < 1.29 is 0 Å².